The fourth-order valence-electron chi connectivity index (χ4n) is 5.27. The van der Waals surface area contributed by atoms with E-state index in [4.69, 9.17) is 4.74 Å². The van der Waals surface area contributed by atoms with Gasteiger partial charge in [0.25, 0.3) is 0 Å². The molecule has 2 aromatic rings. The Bertz CT molecular complexity index is 822. The zero-order valence-corrected chi connectivity index (χ0v) is 16.5. The maximum absolute atomic E-state index is 11.1. The minimum absolute atomic E-state index is 0.253. The van der Waals surface area contributed by atoms with Crippen molar-refractivity contribution in [2.45, 2.75) is 75.9 Å². The Morgan fingerprint density at radius 2 is 1.96 bits per heavy atom. The molecule has 3 aliphatic rings. The van der Waals surface area contributed by atoms with Crippen LogP contribution >= 0.6 is 11.3 Å². The number of carbonyl (C=O) groups is 1. The number of hydrogen-bond acceptors (Lipinski definition) is 6. The van der Waals surface area contributed by atoms with Crippen molar-refractivity contribution in [3.63, 3.8) is 0 Å². The second kappa shape index (κ2) is 7.47. The molecule has 144 valence electrons. The molecular formula is C21H27N3O2S. The molecule has 5 nitrogen and oxygen atoms in total. The van der Waals surface area contributed by atoms with Gasteiger partial charge in [-0.05, 0) is 75.9 Å². The van der Waals surface area contributed by atoms with E-state index in [1.165, 1.54) is 49.2 Å². The van der Waals surface area contributed by atoms with E-state index in [1.54, 1.807) is 17.7 Å². The van der Waals surface area contributed by atoms with Crippen LogP contribution in [0.15, 0.2) is 6.33 Å². The topological polar surface area (TPSA) is 55.3 Å². The van der Waals surface area contributed by atoms with Crippen molar-refractivity contribution in [3.8, 4) is 5.88 Å². The predicted octanol–water partition coefficient (Wildman–Crippen LogP) is 4.10. The standard InChI is InChI=1S/C21H27N3O2S/c25-12-9-14-3-8-17-18(14)19-20(22-13-23-21(19)27-17)26-16-6-4-15(5-7-16)24-10-1-2-11-24/h12-16H,1-11H2/t14-,15?,16?/m1/s1. The molecule has 0 bridgehead atoms. The Kier molecular flexibility index (Phi) is 4.86. The second-order valence-electron chi connectivity index (χ2n) is 8.23. The minimum Gasteiger partial charge on any atom is -0.474 e. The summed E-state index contributed by atoms with van der Waals surface area (Å²) >= 11 is 1.76. The maximum Gasteiger partial charge on any atom is 0.225 e. The largest absolute Gasteiger partial charge is 0.474 e. The average Bonchev–Trinajstić information content (AvgIpc) is 3.40. The Labute approximate surface area is 164 Å². The van der Waals surface area contributed by atoms with Crippen LogP contribution in [0, 0.1) is 0 Å². The lowest BCUT2D eigenvalue weighted by Gasteiger charge is -2.34. The highest BCUT2D eigenvalue weighted by Gasteiger charge is 2.32. The molecule has 0 spiro atoms. The fraction of sp³-hybridized carbons (Fsp3) is 0.667. The van der Waals surface area contributed by atoms with E-state index >= 15 is 0 Å². The number of thiophene rings is 1. The van der Waals surface area contributed by atoms with Gasteiger partial charge in [-0.15, -0.1) is 11.3 Å². The number of hydrogen-bond donors (Lipinski definition) is 0. The van der Waals surface area contributed by atoms with Crippen LogP contribution in [0.3, 0.4) is 0 Å². The third kappa shape index (κ3) is 3.27. The number of fused-ring (bicyclic) bond motifs is 3. The normalized spacial score (nSPS) is 28.5. The predicted molar refractivity (Wildman–Crippen MR) is 107 cm³/mol. The van der Waals surface area contributed by atoms with Crippen LogP contribution in [0.5, 0.6) is 5.88 Å². The van der Waals surface area contributed by atoms with Crippen LogP contribution in [0.25, 0.3) is 10.2 Å². The molecule has 5 rings (SSSR count). The summed E-state index contributed by atoms with van der Waals surface area (Å²) in [5.41, 5.74) is 1.29. The van der Waals surface area contributed by atoms with Crippen molar-refractivity contribution in [1.29, 1.82) is 0 Å². The maximum atomic E-state index is 11.1. The molecule has 0 amide bonds. The first-order valence-electron chi connectivity index (χ1n) is 10.4. The van der Waals surface area contributed by atoms with E-state index < -0.39 is 0 Å². The second-order valence-corrected chi connectivity index (χ2v) is 9.31. The van der Waals surface area contributed by atoms with Crippen molar-refractivity contribution in [2.75, 3.05) is 13.1 Å². The first-order valence-corrected chi connectivity index (χ1v) is 11.3. The highest BCUT2D eigenvalue weighted by molar-refractivity contribution is 7.19. The minimum atomic E-state index is 0.253. The number of ether oxygens (including phenoxy) is 1. The van der Waals surface area contributed by atoms with Crippen LogP contribution in [0.1, 0.15) is 67.7 Å². The summed E-state index contributed by atoms with van der Waals surface area (Å²) in [4.78, 5) is 25.2. The van der Waals surface area contributed by atoms with Gasteiger partial charge < -0.3 is 14.4 Å². The van der Waals surface area contributed by atoms with E-state index in [0.717, 1.165) is 54.1 Å². The molecule has 6 heteroatoms. The Hall–Kier alpha value is -1.53. The summed E-state index contributed by atoms with van der Waals surface area (Å²) in [5.74, 6) is 1.06. The van der Waals surface area contributed by atoms with Gasteiger partial charge in [0, 0.05) is 17.3 Å². The molecule has 0 unspecified atom stereocenters. The molecule has 27 heavy (non-hydrogen) atoms. The molecule has 1 aliphatic heterocycles. The van der Waals surface area contributed by atoms with E-state index in [0.29, 0.717) is 12.3 Å². The third-order valence-corrected chi connectivity index (χ3v) is 7.83. The smallest absolute Gasteiger partial charge is 0.225 e. The van der Waals surface area contributed by atoms with Crippen molar-refractivity contribution < 1.29 is 9.53 Å². The van der Waals surface area contributed by atoms with Gasteiger partial charge in [-0.1, -0.05) is 0 Å². The third-order valence-electron chi connectivity index (χ3n) is 6.66. The Morgan fingerprint density at radius 1 is 1.15 bits per heavy atom. The van der Waals surface area contributed by atoms with E-state index in [-0.39, 0.29) is 6.10 Å². The van der Waals surface area contributed by atoms with E-state index in [1.807, 2.05) is 0 Å². The first kappa shape index (κ1) is 17.6. The number of likely N-dealkylation sites (tertiary alicyclic amines) is 1. The van der Waals surface area contributed by atoms with E-state index in [2.05, 4.69) is 14.9 Å². The highest BCUT2D eigenvalue weighted by Crippen LogP contribution is 2.47. The van der Waals surface area contributed by atoms with Crippen molar-refractivity contribution in [1.82, 2.24) is 14.9 Å². The van der Waals surface area contributed by atoms with Gasteiger partial charge in [0.05, 0.1) is 5.39 Å². The summed E-state index contributed by atoms with van der Waals surface area (Å²) < 4.78 is 6.44. The average molecular weight is 386 g/mol. The lowest BCUT2D eigenvalue weighted by Crippen LogP contribution is -2.38. The number of rotatable bonds is 5. The molecule has 1 saturated heterocycles. The molecule has 2 aromatic heterocycles. The van der Waals surface area contributed by atoms with Crippen molar-refractivity contribution in [3.05, 3.63) is 16.8 Å². The van der Waals surface area contributed by atoms with Gasteiger partial charge in [0.15, 0.2) is 0 Å². The summed E-state index contributed by atoms with van der Waals surface area (Å²) in [6.45, 7) is 2.56. The van der Waals surface area contributed by atoms with Gasteiger partial charge >= 0.3 is 0 Å². The molecule has 0 radical (unpaired) electrons. The van der Waals surface area contributed by atoms with Gasteiger partial charge in [-0.3, -0.25) is 0 Å². The molecule has 0 aromatic carbocycles. The van der Waals surface area contributed by atoms with Crippen LogP contribution in [-0.2, 0) is 11.2 Å². The lowest BCUT2D eigenvalue weighted by molar-refractivity contribution is -0.108. The van der Waals surface area contributed by atoms with Crippen LogP contribution in [0.4, 0.5) is 0 Å². The lowest BCUT2D eigenvalue weighted by atomic mass is 9.92. The molecule has 2 aliphatic carbocycles. The fourth-order valence-corrected chi connectivity index (χ4v) is 6.51. The number of aldehydes is 1. The van der Waals surface area contributed by atoms with E-state index in [9.17, 15) is 4.79 Å². The molecule has 3 heterocycles. The van der Waals surface area contributed by atoms with Crippen molar-refractivity contribution in [2.24, 2.45) is 0 Å². The number of aryl methyl sites for hydroxylation is 1. The van der Waals surface area contributed by atoms with Crippen LogP contribution in [-0.4, -0.2) is 46.4 Å². The first-order chi connectivity index (χ1) is 13.3. The number of carbonyl (C=O) groups excluding carboxylic acids is 1. The molecule has 2 fully saturated rings. The molecule has 1 atom stereocenters. The summed E-state index contributed by atoms with van der Waals surface area (Å²) in [5, 5.41) is 1.09. The summed E-state index contributed by atoms with van der Waals surface area (Å²) in [6.07, 6.45) is 13.0. The van der Waals surface area contributed by atoms with Gasteiger partial charge in [0.2, 0.25) is 5.88 Å². The quantitative estimate of drug-likeness (QED) is 0.726. The molecule has 0 N–H and O–H groups in total. The molecule has 1 saturated carbocycles. The number of aromatic nitrogens is 2. The highest BCUT2D eigenvalue weighted by atomic mass is 32.1. The summed E-state index contributed by atoms with van der Waals surface area (Å²) in [7, 11) is 0. The number of nitrogens with zero attached hydrogens (tertiary/aromatic N) is 3. The Balaban J connectivity index is 1.34. The SMILES string of the molecule is O=CC[C@H]1CCc2sc3ncnc(OC4CCC(N5CCCC5)CC4)c3c21. The van der Waals surface area contributed by atoms with Crippen molar-refractivity contribution >= 4 is 27.8 Å². The Morgan fingerprint density at radius 3 is 2.74 bits per heavy atom. The van der Waals surface area contributed by atoms with Gasteiger partial charge in [-0.25, -0.2) is 9.97 Å². The monoisotopic (exact) mass is 385 g/mol. The van der Waals surface area contributed by atoms with Crippen LogP contribution < -0.4 is 4.74 Å². The zero-order valence-electron chi connectivity index (χ0n) is 15.7. The van der Waals surface area contributed by atoms with Gasteiger partial charge in [-0.2, -0.15) is 0 Å². The summed E-state index contributed by atoms with van der Waals surface area (Å²) in [6, 6.07) is 0.750. The van der Waals surface area contributed by atoms with Gasteiger partial charge in [0.1, 0.15) is 23.5 Å². The zero-order chi connectivity index (χ0) is 18.2. The molecular weight excluding hydrogens is 358 g/mol. The van der Waals surface area contributed by atoms with Crippen LogP contribution in [0.2, 0.25) is 0 Å².